The number of carboxylic acid groups (broad SMARTS) is 1. The summed E-state index contributed by atoms with van der Waals surface area (Å²) >= 11 is 1.62. The summed E-state index contributed by atoms with van der Waals surface area (Å²) in [5.41, 5.74) is 1.93. The van der Waals surface area contributed by atoms with E-state index in [1.165, 1.54) is 29.6 Å². The van der Waals surface area contributed by atoms with Crippen LogP contribution in [-0.2, 0) is 12.8 Å². The molecular formula is C15H14N2O3S. The Balaban J connectivity index is 1.82. The number of pyridine rings is 1. The molecular weight excluding hydrogens is 288 g/mol. The zero-order valence-electron chi connectivity index (χ0n) is 11.3. The zero-order valence-corrected chi connectivity index (χ0v) is 12.1. The topological polar surface area (TPSA) is 79.3 Å². The molecule has 2 aromatic rings. The van der Waals surface area contributed by atoms with Crippen molar-refractivity contribution in [2.75, 3.05) is 5.32 Å². The van der Waals surface area contributed by atoms with Gasteiger partial charge in [0.15, 0.2) is 0 Å². The molecule has 2 N–H and O–H groups in total. The Hall–Kier alpha value is -2.21. The standard InChI is InChI=1S/C15H14N2O3S/c18-14(11-8-21-12-4-2-1-3-10(11)12)17-13-7-9(15(19)20)5-6-16-13/h5-8H,1-4H2,(H,19,20)(H,16,17,18). The third kappa shape index (κ3) is 2.80. The fourth-order valence-electron chi connectivity index (χ4n) is 2.50. The molecule has 2 aromatic heterocycles. The number of hydrogen-bond acceptors (Lipinski definition) is 4. The molecule has 1 aliphatic carbocycles. The first-order valence-corrected chi connectivity index (χ1v) is 7.63. The predicted octanol–water partition coefficient (Wildman–Crippen LogP) is 2.97. The molecule has 0 atom stereocenters. The lowest BCUT2D eigenvalue weighted by molar-refractivity contribution is 0.0696. The molecule has 0 aliphatic heterocycles. The highest BCUT2D eigenvalue weighted by molar-refractivity contribution is 7.10. The average molecular weight is 302 g/mol. The Morgan fingerprint density at radius 1 is 1.29 bits per heavy atom. The number of anilines is 1. The Labute approximate surface area is 125 Å². The van der Waals surface area contributed by atoms with Crippen molar-refractivity contribution in [3.63, 3.8) is 0 Å². The van der Waals surface area contributed by atoms with Crippen LogP contribution >= 0.6 is 11.3 Å². The van der Waals surface area contributed by atoms with Crippen molar-refractivity contribution in [1.82, 2.24) is 4.98 Å². The number of aryl methyl sites for hydroxylation is 1. The van der Waals surface area contributed by atoms with E-state index in [1.54, 1.807) is 11.3 Å². The van der Waals surface area contributed by atoms with E-state index in [4.69, 9.17) is 5.11 Å². The van der Waals surface area contributed by atoms with Crippen LogP contribution in [0.5, 0.6) is 0 Å². The largest absolute Gasteiger partial charge is 0.478 e. The maximum Gasteiger partial charge on any atom is 0.335 e. The van der Waals surface area contributed by atoms with Gasteiger partial charge in [-0.2, -0.15) is 0 Å². The van der Waals surface area contributed by atoms with Crippen LogP contribution in [0.25, 0.3) is 0 Å². The van der Waals surface area contributed by atoms with Gasteiger partial charge < -0.3 is 10.4 Å². The van der Waals surface area contributed by atoms with Gasteiger partial charge in [0.1, 0.15) is 5.82 Å². The number of nitrogens with zero attached hydrogens (tertiary/aromatic N) is 1. The number of carbonyl (C=O) groups is 2. The number of carbonyl (C=O) groups excluding carboxylic acids is 1. The molecule has 1 aliphatic rings. The van der Waals surface area contributed by atoms with Crippen molar-refractivity contribution in [3.8, 4) is 0 Å². The van der Waals surface area contributed by atoms with Crippen molar-refractivity contribution >= 4 is 29.0 Å². The molecule has 3 rings (SSSR count). The van der Waals surface area contributed by atoms with Gasteiger partial charge in [-0.05, 0) is 43.4 Å². The summed E-state index contributed by atoms with van der Waals surface area (Å²) < 4.78 is 0. The van der Waals surface area contributed by atoms with Crippen LogP contribution in [0.2, 0.25) is 0 Å². The first-order valence-electron chi connectivity index (χ1n) is 6.75. The third-order valence-corrected chi connectivity index (χ3v) is 4.64. The first kappa shape index (κ1) is 13.8. The molecule has 5 nitrogen and oxygen atoms in total. The van der Waals surface area contributed by atoms with E-state index in [-0.39, 0.29) is 17.3 Å². The van der Waals surface area contributed by atoms with E-state index in [1.807, 2.05) is 5.38 Å². The highest BCUT2D eigenvalue weighted by Crippen LogP contribution is 2.30. The van der Waals surface area contributed by atoms with Gasteiger partial charge in [0.2, 0.25) is 0 Å². The number of nitrogens with one attached hydrogen (secondary N) is 1. The number of rotatable bonds is 3. The summed E-state index contributed by atoms with van der Waals surface area (Å²) in [6.45, 7) is 0. The molecule has 0 bridgehead atoms. The van der Waals surface area contributed by atoms with Gasteiger partial charge in [-0.3, -0.25) is 4.79 Å². The quantitative estimate of drug-likeness (QED) is 0.913. The second-order valence-corrected chi connectivity index (χ2v) is 5.91. The van der Waals surface area contributed by atoms with Crippen LogP contribution < -0.4 is 5.32 Å². The summed E-state index contributed by atoms with van der Waals surface area (Å²) in [6, 6.07) is 2.75. The summed E-state index contributed by atoms with van der Waals surface area (Å²) in [6.07, 6.45) is 5.64. The SMILES string of the molecule is O=C(O)c1ccnc(NC(=O)c2csc3c2CCCC3)c1. The summed E-state index contributed by atoms with van der Waals surface area (Å²) in [4.78, 5) is 28.5. The number of carboxylic acids is 1. The van der Waals surface area contributed by atoms with Gasteiger partial charge in [0, 0.05) is 16.5 Å². The fourth-order valence-corrected chi connectivity index (χ4v) is 3.63. The second-order valence-electron chi connectivity index (χ2n) is 4.95. The molecule has 21 heavy (non-hydrogen) atoms. The molecule has 0 unspecified atom stereocenters. The minimum atomic E-state index is -1.04. The number of aromatic carboxylic acids is 1. The van der Waals surface area contributed by atoms with Crippen molar-refractivity contribution in [1.29, 1.82) is 0 Å². The molecule has 0 saturated heterocycles. The Kier molecular flexibility index (Phi) is 3.70. The van der Waals surface area contributed by atoms with Gasteiger partial charge in [0.05, 0.1) is 11.1 Å². The number of aromatic nitrogens is 1. The van der Waals surface area contributed by atoms with Gasteiger partial charge >= 0.3 is 5.97 Å². The van der Waals surface area contributed by atoms with Crippen LogP contribution in [0.3, 0.4) is 0 Å². The monoisotopic (exact) mass is 302 g/mol. The highest BCUT2D eigenvalue weighted by Gasteiger charge is 2.20. The molecule has 108 valence electrons. The smallest absolute Gasteiger partial charge is 0.335 e. The Morgan fingerprint density at radius 2 is 2.10 bits per heavy atom. The van der Waals surface area contributed by atoms with E-state index >= 15 is 0 Å². The molecule has 0 fully saturated rings. The van der Waals surface area contributed by atoms with Crippen molar-refractivity contribution in [3.05, 3.63) is 45.3 Å². The molecule has 2 heterocycles. The predicted molar refractivity (Wildman–Crippen MR) is 80.1 cm³/mol. The van der Waals surface area contributed by atoms with Crippen molar-refractivity contribution in [2.24, 2.45) is 0 Å². The summed E-state index contributed by atoms with van der Waals surface area (Å²) in [7, 11) is 0. The Bertz CT molecular complexity index is 709. The lowest BCUT2D eigenvalue weighted by Gasteiger charge is -2.12. The van der Waals surface area contributed by atoms with Crippen molar-refractivity contribution < 1.29 is 14.7 Å². The first-order chi connectivity index (χ1) is 10.1. The van der Waals surface area contributed by atoms with E-state index < -0.39 is 5.97 Å². The lowest BCUT2D eigenvalue weighted by Crippen LogP contribution is -2.15. The lowest BCUT2D eigenvalue weighted by atomic mass is 9.96. The number of amides is 1. The molecule has 1 amide bonds. The normalized spacial score (nSPS) is 13.5. The van der Waals surface area contributed by atoms with E-state index in [2.05, 4.69) is 10.3 Å². The maximum absolute atomic E-state index is 12.3. The Morgan fingerprint density at radius 3 is 2.90 bits per heavy atom. The average Bonchev–Trinajstić information content (AvgIpc) is 2.91. The molecule has 0 saturated carbocycles. The van der Waals surface area contributed by atoms with Gasteiger partial charge in [0.25, 0.3) is 5.91 Å². The van der Waals surface area contributed by atoms with Crippen LogP contribution in [0, 0.1) is 0 Å². The van der Waals surface area contributed by atoms with E-state index in [9.17, 15) is 9.59 Å². The minimum absolute atomic E-state index is 0.104. The van der Waals surface area contributed by atoms with Gasteiger partial charge in [-0.25, -0.2) is 9.78 Å². The number of fused-ring (bicyclic) bond motifs is 1. The van der Waals surface area contributed by atoms with Crippen molar-refractivity contribution in [2.45, 2.75) is 25.7 Å². The molecule has 0 aromatic carbocycles. The molecule has 0 radical (unpaired) electrons. The van der Waals surface area contributed by atoms with Gasteiger partial charge in [-0.1, -0.05) is 0 Å². The molecule has 6 heteroatoms. The fraction of sp³-hybridized carbons (Fsp3) is 0.267. The van der Waals surface area contributed by atoms with Crippen LogP contribution in [0.4, 0.5) is 5.82 Å². The number of thiophene rings is 1. The third-order valence-electron chi connectivity index (χ3n) is 3.55. The van der Waals surface area contributed by atoms with E-state index in [0.29, 0.717) is 5.56 Å². The summed E-state index contributed by atoms with van der Waals surface area (Å²) in [5.74, 6) is -0.999. The zero-order chi connectivity index (χ0) is 14.8. The second kappa shape index (κ2) is 5.65. The minimum Gasteiger partial charge on any atom is -0.478 e. The summed E-state index contributed by atoms with van der Waals surface area (Å²) in [5, 5.41) is 13.5. The molecule has 0 spiro atoms. The van der Waals surface area contributed by atoms with Crippen LogP contribution in [-0.4, -0.2) is 22.0 Å². The van der Waals surface area contributed by atoms with Crippen LogP contribution in [0.1, 0.15) is 44.0 Å². The van der Waals surface area contributed by atoms with Gasteiger partial charge in [-0.15, -0.1) is 11.3 Å². The van der Waals surface area contributed by atoms with E-state index in [0.717, 1.165) is 24.8 Å². The highest BCUT2D eigenvalue weighted by atomic mass is 32.1. The number of hydrogen-bond donors (Lipinski definition) is 2. The maximum atomic E-state index is 12.3. The van der Waals surface area contributed by atoms with Crippen LogP contribution in [0.15, 0.2) is 23.7 Å².